The average Bonchev–Trinajstić information content (AvgIpc) is 2.19. The van der Waals surface area contributed by atoms with Gasteiger partial charge in [-0.3, -0.25) is 9.78 Å². The minimum Gasteiger partial charge on any atom is -0.366 e. The smallest absolute Gasteiger partial charge is 0.248 e. The summed E-state index contributed by atoms with van der Waals surface area (Å²) in [6, 6.07) is 5.50. The third-order valence-electron chi connectivity index (χ3n) is 2.54. The fourth-order valence-electron chi connectivity index (χ4n) is 1.71. The normalized spacial score (nSPS) is 10.5. The molecular weight excluding hydrogens is 188 g/mol. The Morgan fingerprint density at radius 3 is 2.67 bits per heavy atom. The zero-order chi connectivity index (χ0) is 11.0. The van der Waals surface area contributed by atoms with Crippen molar-refractivity contribution in [2.45, 2.75) is 13.8 Å². The lowest BCUT2D eigenvalue weighted by Gasteiger charge is -2.06. The molecular formula is C12H12N2O. The largest absolute Gasteiger partial charge is 0.366 e. The molecule has 0 aliphatic rings. The topological polar surface area (TPSA) is 56.0 Å². The minimum absolute atomic E-state index is 0.400. The van der Waals surface area contributed by atoms with E-state index in [1.54, 1.807) is 18.3 Å². The molecule has 0 fully saturated rings. The number of carbonyl (C=O) groups is 1. The van der Waals surface area contributed by atoms with E-state index in [1.807, 2.05) is 19.9 Å². The number of carbonyl (C=O) groups excluding carboxylic acids is 1. The molecule has 15 heavy (non-hydrogen) atoms. The van der Waals surface area contributed by atoms with Gasteiger partial charge in [-0.05, 0) is 43.2 Å². The van der Waals surface area contributed by atoms with Crippen LogP contribution in [0.3, 0.4) is 0 Å². The molecule has 1 aromatic carbocycles. The zero-order valence-electron chi connectivity index (χ0n) is 8.74. The Morgan fingerprint density at radius 2 is 2.00 bits per heavy atom. The van der Waals surface area contributed by atoms with Crippen molar-refractivity contribution >= 4 is 16.8 Å². The standard InChI is InChI=1S/C12H12N2O/c1-7-3-4-14-11-8(2)5-9(12(13)15)6-10(7)11/h3-6H,1-2H3,(H2,13,15). The molecule has 0 aliphatic carbocycles. The van der Waals surface area contributed by atoms with Gasteiger partial charge in [-0.15, -0.1) is 0 Å². The molecule has 0 saturated heterocycles. The molecule has 2 aromatic rings. The van der Waals surface area contributed by atoms with E-state index in [2.05, 4.69) is 4.98 Å². The second kappa shape index (κ2) is 3.35. The molecule has 0 saturated carbocycles. The van der Waals surface area contributed by atoms with Crippen LogP contribution in [0.25, 0.3) is 10.9 Å². The first-order valence-corrected chi connectivity index (χ1v) is 4.75. The number of fused-ring (bicyclic) bond motifs is 1. The highest BCUT2D eigenvalue weighted by Gasteiger charge is 2.07. The van der Waals surface area contributed by atoms with E-state index in [4.69, 9.17) is 5.73 Å². The third kappa shape index (κ3) is 1.56. The molecule has 3 heteroatoms. The van der Waals surface area contributed by atoms with E-state index >= 15 is 0 Å². The Kier molecular flexibility index (Phi) is 2.15. The molecule has 1 aromatic heterocycles. The first-order chi connectivity index (χ1) is 7.09. The van der Waals surface area contributed by atoms with Gasteiger partial charge in [0.1, 0.15) is 0 Å². The molecule has 0 atom stereocenters. The highest BCUT2D eigenvalue weighted by atomic mass is 16.1. The summed E-state index contributed by atoms with van der Waals surface area (Å²) < 4.78 is 0. The van der Waals surface area contributed by atoms with Crippen LogP contribution in [0.5, 0.6) is 0 Å². The number of aromatic nitrogens is 1. The summed E-state index contributed by atoms with van der Waals surface area (Å²) in [7, 11) is 0. The van der Waals surface area contributed by atoms with Crippen LogP contribution < -0.4 is 5.73 Å². The van der Waals surface area contributed by atoms with Crippen molar-refractivity contribution in [3.63, 3.8) is 0 Å². The number of nitrogens with two attached hydrogens (primary N) is 1. The lowest BCUT2D eigenvalue weighted by Crippen LogP contribution is -2.11. The summed E-state index contributed by atoms with van der Waals surface area (Å²) in [4.78, 5) is 15.4. The predicted octanol–water partition coefficient (Wildman–Crippen LogP) is 1.95. The van der Waals surface area contributed by atoms with Gasteiger partial charge in [-0.25, -0.2) is 0 Å². The number of hydrogen-bond donors (Lipinski definition) is 1. The summed E-state index contributed by atoms with van der Waals surface area (Å²) >= 11 is 0. The Morgan fingerprint density at radius 1 is 1.27 bits per heavy atom. The Hall–Kier alpha value is -1.90. The number of aryl methyl sites for hydroxylation is 2. The van der Waals surface area contributed by atoms with Crippen LogP contribution in [-0.4, -0.2) is 10.9 Å². The van der Waals surface area contributed by atoms with E-state index in [-0.39, 0.29) is 0 Å². The predicted molar refractivity (Wildman–Crippen MR) is 59.7 cm³/mol. The maximum atomic E-state index is 11.1. The van der Waals surface area contributed by atoms with Gasteiger partial charge < -0.3 is 5.73 Å². The molecule has 3 nitrogen and oxygen atoms in total. The van der Waals surface area contributed by atoms with E-state index in [0.717, 1.165) is 22.0 Å². The maximum absolute atomic E-state index is 11.1. The number of benzene rings is 1. The maximum Gasteiger partial charge on any atom is 0.248 e. The fourth-order valence-corrected chi connectivity index (χ4v) is 1.71. The van der Waals surface area contributed by atoms with Crippen LogP contribution in [-0.2, 0) is 0 Å². The summed E-state index contributed by atoms with van der Waals surface area (Å²) in [6.07, 6.45) is 1.77. The SMILES string of the molecule is Cc1ccnc2c(C)cc(C(N)=O)cc12. The Bertz CT molecular complexity index is 547. The first-order valence-electron chi connectivity index (χ1n) is 4.75. The first kappa shape index (κ1) is 9.65. The zero-order valence-corrected chi connectivity index (χ0v) is 8.74. The Balaban J connectivity index is 2.85. The molecule has 0 spiro atoms. The van der Waals surface area contributed by atoms with Crippen LogP contribution in [0.1, 0.15) is 21.5 Å². The van der Waals surface area contributed by atoms with Gasteiger partial charge in [0.25, 0.3) is 0 Å². The number of nitrogens with zero attached hydrogens (tertiary/aromatic N) is 1. The van der Waals surface area contributed by atoms with E-state index in [1.165, 1.54) is 0 Å². The summed E-state index contributed by atoms with van der Waals surface area (Å²) in [5, 5.41) is 0.992. The second-order valence-electron chi connectivity index (χ2n) is 3.68. The molecule has 1 heterocycles. The van der Waals surface area contributed by atoms with E-state index < -0.39 is 5.91 Å². The van der Waals surface area contributed by atoms with E-state index in [9.17, 15) is 4.79 Å². The molecule has 0 bridgehead atoms. The quantitative estimate of drug-likeness (QED) is 0.764. The molecule has 2 N–H and O–H groups in total. The van der Waals surface area contributed by atoms with Gasteiger partial charge in [0.15, 0.2) is 0 Å². The number of rotatable bonds is 1. The highest BCUT2D eigenvalue weighted by Crippen LogP contribution is 2.21. The molecule has 0 aliphatic heterocycles. The Labute approximate surface area is 87.9 Å². The van der Waals surface area contributed by atoms with Crippen molar-refractivity contribution in [3.05, 3.63) is 41.1 Å². The van der Waals surface area contributed by atoms with Gasteiger partial charge in [0.05, 0.1) is 5.52 Å². The molecule has 2 rings (SSSR count). The minimum atomic E-state index is -0.400. The van der Waals surface area contributed by atoms with Gasteiger partial charge in [0.2, 0.25) is 5.91 Å². The van der Waals surface area contributed by atoms with E-state index in [0.29, 0.717) is 5.56 Å². The van der Waals surface area contributed by atoms with Crippen molar-refractivity contribution in [2.24, 2.45) is 5.73 Å². The van der Waals surface area contributed by atoms with Crippen molar-refractivity contribution < 1.29 is 4.79 Å². The summed E-state index contributed by atoms with van der Waals surface area (Å²) in [6.45, 7) is 3.93. The number of pyridine rings is 1. The third-order valence-corrected chi connectivity index (χ3v) is 2.54. The van der Waals surface area contributed by atoms with Crippen LogP contribution in [0.2, 0.25) is 0 Å². The van der Waals surface area contributed by atoms with Crippen molar-refractivity contribution in [1.82, 2.24) is 4.98 Å². The number of amides is 1. The molecule has 0 radical (unpaired) electrons. The van der Waals surface area contributed by atoms with Crippen LogP contribution in [0.4, 0.5) is 0 Å². The van der Waals surface area contributed by atoms with Crippen LogP contribution in [0.15, 0.2) is 24.4 Å². The van der Waals surface area contributed by atoms with Crippen LogP contribution >= 0.6 is 0 Å². The van der Waals surface area contributed by atoms with Gasteiger partial charge in [-0.1, -0.05) is 0 Å². The summed E-state index contributed by atoms with van der Waals surface area (Å²) in [5.74, 6) is -0.400. The van der Waals surface area contributed by atoms with Crippen molar-refractivity contribution in [3.8, 4) is 0 Å². The van der Waals surface area contributed by atoms with Gasteiger partial charge in [-0.2, -0.15) is 0 Å². The molecule has 1 amide bonds. The number of hydrogen-bond acceptors (Lipinski definition) is 2. The van der Waals surface area contributed by atoms with Gasteiger partial charge in [0, 0.05) is 17.1 Å². The molecule has 0 unspecified atom stereocenters. The second-order valence-corrected chi connectivity index (χ2v) is 3.68. The van der Waals surface area contributed by atoms with Gasteiger partial charge >= 0.3 is 0 Å². The highest BCUT2D eigenvalue weighted by molar-refractivity contribution is 5.98. The fraction of sp³-hybridized carbons (Fsp3) is 0.167. The monoisotopic (exact) mass is 200 g/mol. The van der Waals surface area contributed by atoms with Crippen molar-refractivity contribution in [1.29, 1.82) is 0 Å². The van der Waals surface area contributed by atoms with Crippen molar-refractivity contribution in [2.75, 3.05) is 0 Å². The molecule has 76 valence electrons. The van der Waals surface area contributed by atoms with Crippen LogP contribution in [0, 0.1) is 13.8 Å². The average molecular weight is 200 g/mol. The lowest BCUT2D eigenvalue weighted by atomic mass is 10.0. The summed E-state index contributed by atoms with van der Waals surface area (Å²) in [5.41, 5.74) is 8.81. The number of primary amides is 1. The lowest BCUT2D eigenvalue weighted by molar-refractivity contribution is 0.100.